The van der Waals surface area contributed by atoms with E-state index in [9.17, 15) is 9.18 Å². The second kappa shape index (κ2) is 4.63. The first kappa shape index (κ1) is 11.7. The van der Waals surface area contributed by atoms with Gasteiger partial charge in [0.15, 0.2) is 5.78 Å². The lowest BCUT2D eigenvalue weighted by Gasteiger charge is -2.03. The summed E-state index contributed by atoms with van der Waals surface area (Å²) in [4.78, 5) is 15.1. The highest BCUT2D eigenvalue weighted by molar-refractivity contribution is 6.30. The largest absolute Gasteiger partial charge is 0.294 e. The van der Waals surface area contributed by atoms with Gasteiger partial charge in [-0.3, -0.25) is 9.78 Å². The Labute approximate surface area is 103 Å². The number of halogens is 2. The zero-order valence-corrected chi connectivity index (χ0v) is 9.83. The molecule has 0 spiro atoms. The van der Waals surface area contributed by atoms with E-state index in [1.54, 1.807) is 24.3 Å². The molecule has 0 N–H and O–H groups in total. The van der Waals surface area contributed by atoms with Crippen LogP contribution in [0.4, 0.5) is 4.39 Å². The topological polar surface area (TPSA) is 30.0 Å². The molecule has 86 valence electrons. The lowest BCUT2D eigenvalue weighted by molar-refractivity contribution is 0.101. The first-order valence-electron chi connectivity index (χ1n) is 5.00. The summed E-state index contributed by atoms with van der Waals surface area (Å²) >= 11 is 5.67. The van der Waals surface area contributed by atoms with E-state index in [2.05, 4.69) is 4.98 Å². The fourth-order valence-electron chi connectivity index (χ4n) is 1.46. The van der Waals surface area contributed by atoms with Crippen LogP contribution >= 0.6 is 11.6 Å². The van der Waals surface area contributed by atoms with Crippen molar-refractivity contribution in [3.05, 3.63) is 52.9 Å². The standard InChI is InChI=1S/C13H9ClFNO/c1-8(17)9-2-5-13(16-7-9)11-4-3-10(14)6-12(11)15/h2-7H,1H3. The molecule has 0 atom stereocenters. The van der Waals surface area contributed by atoms with Crippen molar-refractivity contribution in [1.29, 1.82) is 0 Å². The van der Waals surface area contributed by atoms with Crippen LogP contribution in [0, 0.1) is 5.82 Å². The minimum absolute atomic E-state index is 0.0689. The third-order valence-electron chi connectivity index (χ3n) is 2.38. The van der Waals surface area contributed by atoms with E-state index in [1.807, 2.05) is 0 Å². The van der Waals surface area contributed by atoms with Gasteiger partial charge in [-0.25, -0.2) is 4.39 Å². The van der Waals surface area contributed by atoms with Crippen LogP contribution < -0.4 is 0 Å². The minimum atomic E-state index is -0.430. The summed E-state index contributed by atoms with van der Waals surface area (Å²) in [5.74, 6) is -0.499. The number of aromatic nitrogens is 1. The third kappa shape index (κ3) is 2.50. The lowest BCUT2D eigenvalue weighted by atomic mass is 10.1. The van der Waals surface area contributed by atoms with Crippen molar-refractivity contribution < 1.29 is 9.18 Å². The van der Waals surface area contributed by atoms with Crippen molar-refractivity contribution in [3.63, 3.8) is 0 Å². The molecule has 0 bridgehead atoms. The first-order valence-corrected chi connectivity index (χ1v) is 5.38. The predicted molar refractivity (Wildman–Crippen MR) is 64.6 cm³/mol. The molecule has 2 nitrogen and oxygen atoms in total. The lowest BCUT2D eigenvalue weighted by Crippen LogP contribution is -1.94. The molecule has 1 heterocycles. The van der Waals surface area contributed by atoms with Crippen LogP contribution in [0.3, 0.4) is 0 Å². The Morgan fingerprint density at radius 1 is 1.29 bits per heavy atom. The van der Waals surface area contributed by atoms with Crippen molar-refractivity contribution in [2.45, 2.75) is 6.92 Å². The number of carbonyl (C=O) groups excluding carboxylic acids is 1. The number of pyridine rings is 1. The number of Topliss-reactive ketones (excluding diaryl/α,β-unsaturated/α-hetero) is 1. The quantitative estimate of drug-likeness (QED) is 0.759. The molecular formula is C13H9ClFNO. The van der Waals surface area contributed by atoms with Gasteiger partial charge in [0, 0.05) is 22.3 Å². The highest BCUT2D eigenvalue weighted by Crippen LogP contribution is 2.23. The molecule has 0 aliphatic carbocycles. The minimum Gasteiger partial charge on any atom is -0.294 e. The molecule has 0 amide bonds. The number of hydrogen-bond donors (Lipinski definition) is 0. The number of hydrogen-bond acceptors (Lipinski definition) is 2. The molecule has 17 heavy (non-hydrogen) atoms. The van der Waals surface area contributed by atoms with E-state index in [0.29, 0.717) is 21.8 Å². The van der Waals surface area contributed by atoms with Gasteiger partial charge in [0.05, 0.1) is 5.69 Å². The average Bonchev–Trinajstić information content (AvgIpc) is 2.29. The Morgan fingerprint density at radius 2 is 2.06 bits per heavy atom. The highest BCUT2D eigenvalue weighted by atomic mass is 35.5. The van der Waals surface area contributed by atoms with Gasteiger partial charge in [-0.1, -0.05) is 11.6 Å². The van der Waals surface area contributed by atoms with Crippen LogP contribution in [0.15, 0.2) is 36.5 Å². The molecule has 2 aromatic rings. The summed E-state index contributed by atoms with van der Waals surface area (Å²) in [6.45, 7) is 1.46. The molecule has 0 saturated carbocycles. The fourth-order valence-corrected chi connectivity index (χ4v) is 1.62. The summed E-state index contributed by atoms with van der Waals surface area (Å²) in [5.41, 5.74) is 1.34. The maximum absolute atomic E-state index is 13.6. The molecule has 0 fully saturated rings. The van der Waals surface area contributed by atoms with Gasteiger partial charge in [0.2, 0.25) is 0 Å². The molecule has 0 unspecified atom stereocenters. The predicted octanol–water partition coefficient (Wildman–Crippen LogP) is 3.74. The monoisotopic (exact) mass is 249 g/mol. The summed E-state index contributed by atoms with van der Waals surface area (Å²) in [5, 5.41) is 0.339. The van der Waals surface area contributed by atoms with Gasteiger partial charge < -0.3 is 0 Å². The number of benzene rings is 1. The van der Waals surface area contributed by atoms with E-state index >= 15 is 0 Å². The average molecular weight is 250 g/mol. The van der Waals surface area contributed by atoms with Crippen molar-refractivity contribution in [3.8, 4) is 11.3 Å². The molecular weight excluding hydrogens is 241 g/mol. The van der Waals surface area contributed by atoms with Gasteiger partial charge in [0.25, 0.3) is 0 Å². The maximum Gasteiger partial charge on any atom is 0.161 e. The molecule has 4 heteroatoms. The Kier molecular flexibility index (Phi) is 3.20. The molecule has 0 aliphatic heterocycles. The van der Waals surface area contributed by atoms with Crippen LogP contribution in [0.5, 0.6) is 0 Å². The van der Waals surface area contributed by atoms with E-state index in [1.165, 1.54) is 19.2 Å². The van der Waals surface area contributed by atoms with Gasteiger partial charge in [-0.05, 0) is 37.3 Å². The van der Waals surface area contributed by atoms with Crippen LogP contribution in [0.25, 0.3) is 11.3 Å². The van der Waals surface area contributed by atoms with E-state index in [4.69, 9.17) is 11.6 Å². The summed E-state index contributed by atoms with van der Waals surface area (Å²) in [7, 11) is 0. The van der Waals surface area contributed by atoms with Crippen LogP contribution in [-0.2, 0) is 0 Å². The Hall–Kier alpha value is -1.74. The first-order chi connectivity index (χ1) is 8.08. The van der Waals surface area contributed by atoms with Crippen LogP contribution in [0.2, 0.25) is 5.02 Å². The number of nitrogens with zero attached hydrogens (tertiary/aromatic N) is 1. The summed E-state index contributed by atoms with van der Waals surface area (Å²) in [6, 6.07) is 7.63. The SMILES string of the molecule is CC(=O)c1ccc(-c2ccc(Cl)cc2F)nc1. The van der Waals surface area contributed by atoms with Crippen molar-refractivity contribution >= 4 is 17.4 Å². The van der Waals surface area contributed by atoms with Crippen LogP contribution in [-0.4, -0.2) is 10.8 Å². The highest BCUT2D eigenvalue weighted by Gasteiger charge is 2.07. The zero-order chi connectivity index (χ0) is 12.4. The van der Waals surface area contributed by atoms with Gasteiger partial charge in [-0.15, -0.1) is 0 Å². The Morgan fingerprint density at radius 3 is 2.59 bits per heavy atom. The number of carbonyl (C=O) groups is 1. The van der Waals surface area contributed by atoms with Gasteiger partial charge >= 0.3 is 0 Å². The molecule has 0 aliphatic rings. The molecule has 1 aromatic heterocycles. The second-order valence-corrected chi connectivity index (χ2v) is 4.05. The number of ketones is 1. The molecule has 0 saturated heterocycles. The Bertz CT molecular complexity index is 566. The van der Waals surface area contributed by atoms with E-state index < -0.39 is 5.82 Å². The van der Waals surface area contributed by atoms with E-state index in [-0.39, 0.29) is 5.78 Å². The van der Waals surface area contributed by atoms with E-state index in [0.717, 1.165) is 0 Å². The fraction of sp³-hybridized carbons (Fsp3) is 0.0769. The second-order valence-electron chi connectivity index (χ2n) is 3.61. The molecule has 0 radical (unpaired) electrons. The van der Waals surface area contributed by atoms with Crippen molar-refractivity contribution in [2.75, 3.05) is 0 Å². The molecule has 2 rings (SSSR count). The third-order valence-corrected chi connectivity index (χ3v) is 2.61. The maximum atomic E-state index is 13.6. The normalized spacial score (nSPS) is 10.3. The van der Waals surface area contributed by atoms with Crippen molar-refractivity contribution in [1.82, 2.24) is 4.98 Å². The van der Waals surface area contributed by atoms with Crippen LogP contribution in [0.1, 0.15) is 17.3 Å². The van der Waals surface area contributed by atoms with Gasteiger partial charge in [-0.2, -0.15) is 0 Å². The summed E-state index contributed by atoms with van der Waals surface area (Å²) in [6.07, 6.45) is 1.44. The summed E-state index contributed by atoms with van der Waals surface area (Å²) < 4.78 is 13.6. The van der Waals surface area contributed by atoms with Gasteiger partial charge in [0.1, 0.15) is 5.82 Å². The smallest absolute Gasteiger partial charge is 0.161 e. The zero-order valence-electron chi connectivity index (χ0n) is 9.08. The molecule has 1 aromatic carbocycles. The van der Waals surface area contributed by atoms with Crippen molar-refractivity contribution in [2.24, 2.45) is 0 Å². The Balaban J connectivity index is 2.43. The number of rotatable bonds is 2.